The van der Waals surface area contributed by atoms with Gasteiger partial charge in [0.25, 0.3) is 0 Å². The van der Waals surface area contributed by atoms with Gasteiger partial charge in [-0.1, -0.05) is 12.1 Å². The maximum absolute atomic E-state index is 12.5. The number of halogens is 3. The van der Waals surface area contributed by atoms with Crippen molar-refractivity contribution in [3.63, 3.8) is 0 Å². The van der Waals surface area contributed by atoms with Crippen LogP contribution in [-0.2, 0) is 11.0 Å². The first-order chi connectivity index (χ1) is 9.86. The van der Waals surface area contributed by atoms with Gasteiger partial charge in [0.15, 0.2) is 0 Å². The smallest absolute Gasteiger partial charge is 0.353 e. The number of nitrogens with one attached hydrogen (secondary N) is 1. The Labute approximate surface area is 121 Å². The Hall–Kier alpha value is -1.52. The molecule has 2 nitrogen and oxygen atoms in total. The average molecular weight is 297 g/mol. The zero-order valence-corrected chi connectivity index (χ0v) is 11.8. The van der Waals surface area contributed by atoms with Crippen LogP contribution in [0.15, 0.2) is 24.3 Å². The van der Waals surface area contributed by atoms with Crippen molar-refractivity contribution in [3.05, 3.63) is 35.4 Å². The highest BCUT2D eigenvalue weighted by atomic mass is 19.4. The van der Waals surface area contributed by atoms with Gasteiger partial charge in [-0.3, -0.25) is 4.79 Å². The van der Waals surface area contributed by atoms with Crippen LogP contribution < -0.4 is 5.32 Å². The molecule has 1 amide bonds. The summed E-state index contributed by atoms with van der Waals surface area (Å²) in [5.41, 5.74) is 0.178. The van der Waals surface area contributed by atoms with E-state index in [2.05, 4.69) is 5.32 Å². The van der Waals surface area contributed by atoms with E-state index in [-0.39, 0.29) is 23.8 Å². The zero-order valence-electron chi connectivity index (χ0n) is 11.8. The van der Waals surface area contributed by atoms with E-state index in [4.69, 9.17) is 0 Å². The van der Waals surface area contributed by atoms with E-state index in [1.54, 1.807) is 0 Å². The van der Waals surface area contributed by atoms with Crippen LogP contribution in [0, 0.1) is 11.8 Å². The molecule has 3 rings (SSSR count). The normalized spacial score (nSPS) is 26.3. The average Bonchev–Trinajstić information content (AvgIpc) is 3.28. The Bertz CT molecular complexity index is 533. The fourth-order valence-electron chi connectivity index (χ4n) is 2.82. The lowest BCUT2D eigenvalue weighted by Gasteiger charge is -2.12. The van der Waals surface area contributed by atoms with Gasteiger partial charge in [-0.25, -0.2) is 0 Å². The van der Waals surface area contributed by atoms with Crippen LogP contribution in [0.2, 0.25) is 0 Å². The molecule has 0 heterocycles. The van der Waals surface area contributed by atoms with Crippen molar-refractivity contribution in [1.82, 2.24) is 5.32 Å². The second-order valence-electron chi connectivity index (χ2n) is 6.20. The van der Waals surface area contributed by atoms with E-state index in [0.717, 1.165) is 24.1 Å². The van der Waals surface area contributed by atoms with Crippen molar-refractivity contribution in [3.8, 4) is 0 Å². The monoisotopic (exact) mass is 297 g/mol. The van der Waals surface area contributed by atoms with E-state index in [9.17, 15) is 18.0 Å². The van der Waals surface area contributed by atoms with Crippen LogP contribution in [0.5, 0.6) is 0 Å². The number of hydrogen-bond acceptors (Lipinski definition) is 1. The Balaban J connectivity index is 1.58. The van der Waals surface area contributed by atoms with E-state index in [0.29, 0.717) is 5.92 Å². The number of benzene rings is 1. The van der Waals surface area contributed by atoms with E-state index < -0.39 is 11.7 Å². The zero-order chi connectivity index (χ0) is 15.2. The van der Waals surface area contributed by atoms with Crippen LogP contribution in [0.1, 0.15) is 43.2 Å². The third-order valence-electron chi connectivity index (χ3n) is 4.49. The maximum atomic E-state index is 12.5. The molecule has 3 atom stereocenters. The van der Waals surface area contributed by atoms with E-state index in [1.165, 1.54) is 25.0 Å². The van der Waals surface area contributed by atoms with Crippen molar-refractivity contribution in [1.29, 1.82) is 0 Å². The number of carbonyl (C=O) groups is 1. The molecule has 2 saturated carbocycles. The van der Waals surface area contributed by atoms with Gasteiger partial charge in [-0.15, -0.1) is 0 Å². The number of rotatable bonds is 4. The van der Waals surface area contributed by atoms with Gasteiger partial charge >= 0.3 is 6.18 Å². The molecule has 1 N–H and O–H groups in total. The molecule has 1 aromatic carbocycles. The number of carbonyl (C=O) groups excluding carboxylic acids is 1. The fourth-order valence-corrected chi connectivity index (χ4v) is 2.82. The molecular weight excluding hydrogens is 279 g/mol. The van der Waals surface area contributed by atoms with Gasteiger partial charge < -0.3 is 5.32 Å². The number of amides is 1. The second kappa shape index (κ2) is 5.04. The van der Waals surface area contributed by atoms with Crippen molar-refractivity contribution in [2.24, 2.45) is 11.8 Å². The summed E-state index contributed by atoms with van der Waals surface area (Å²) >= 11 is 0. The van der Waals surface area contributed by atoms with Crippen LogP contribution in [0.25, 0.3) is 0 Å². The molecule has 0 bridgehead atoms. The summed E-state index contributed by atoms with van der Waals surface area (Å²) in [4.78, 5) is 12.1. The molecule has 0 radical (unpaired) electrons. The van der Waals surface area contributed by atoms with Gasteiger partial charge in [0, 0.05) is 12.0 Å². The highest BCUT2D eigenvalue weighted by Crippen LogP contribution is 2.48. The lowest BCUT2D eigenvalue weighted by Crippen LogP contribution is -2.35. The molecule has 0 saturated heterocycles. The SMILES string of the molecule is C[C@H](NC(=O)[C@H]1C[C@H]1c1ccc(C(F)(F)F)cc1)C1CC1. The standard InChI is InChI=1S/C16H18F3NO/c1-9(10-2-3-10)20-15(21)14-8-13(14)11-4-6-12(7-5-11)16(17,18)19/h4-7,9-10,13-14H,2-3,8H2,1H3,(H,20,21)/t9-,13-,14-/m0/s1. The molecule has 1 aromatic rings. The Morgan fingerprint density at radius 1 is 1.24 bits per heavy atom. The molecule has 0 aromatic heterocycles. The van der Waals surface area contributed by atoms with E-state index in [1.807, 2.05) is 6.92 Å². The fraction of sp³-hybridized carbons (Fsp3) is 0.562. The first-order valence-corrected chi connectivity index (χ1v) is 7.34. The lowest BCUT2D eigenvalue weighted by molar-refractivity contribution is -0.137. The molecule has 2 aliphatic carbocycles. The highest BCUT2D eigenvalue weighted by molar-refractivity contribution is 5.83. The number of alkyl halides is 3. The Kier molecular flexibility index (Phi) is 3.46. The van der Waals surface area contributed by atoms with Crippen LogP contribution in [-0.4, -0.2) is 11.9 Å². The molecule has 5 heteroatoms. The third kappa shape index (κ3) is 3.22. The van der Waals surface area contributed by atoms with Crippen molar-refractivity contribution >= 4 is 5.91 Å². The summed E-state index contributed by atoms with van der Waals surface area (Å²) < 4.78 is 37.5. The van der Waals surface area contributed by atoms with Gasteiger partial charge in [0.05, 0.1) is 5.56 Å². The minimum absolute atomic E-state index is 0.0410. The Morgan fingerprint density at radius 2 is 1.86 bits per heavy atom. The van der Waals surface area contributed by atoms with Crippen molar-refractivity contribution < 1.29 is 18.0 Å². The molecule has 2 aliphatic rings. The quantitative estimate of drug-likeness (QED) is 0.901. The van der Waals surface area contributed by atoms with Gasteiger partial charge in [0.1, 0.15) is 0 Å². The van der Waals surface area contributed by atoms with Crippen LogP contribution in [0.3, 0.4) is 0 Å². The van der Waals surface area contributed by atoms with Crippen LogP contribution in [0.4, 0.5) is 13.2 Å². The summed E-state index contributed by atoms with van der Waals surface area (Å²) in [6, 6.07) is 5.38. The number of hydrogen-bond donors (Lipinski definition) is 1. The second-order valence-corrected chi connectivity index (χ2v) is 6.20. The topological polar surface area (TPSA) is 29.1 Å². The van der Waals surface area contributed by atoms with Crippen LogP contribution >= 0.6 is 0 Å². The minimum atomic E-state index is -4.31. The predicted octanol–water partition coefficient (Wildman–Crippen LogP) is 3.72. The maximum Gasteiger partial charge on any atom is 0.416 e. The highest BCUT2D eigenvalue weighted by Gasteiger charge is 2.45. The summed E-state index contributed by atoms with van der Waals surface area (Å²) in [7, 11) is 0. The molecule has 0 unspecified atom stereocenters. The first-order valence-electron chi connectivity index (χ1n) is 7.34. The lowest BCUT2D eigenvalue weighted by atomic mass is 10.1. The summed E-state index contributed by atoms with van der Waals surface area (Å²) in [6.45, 7) is 2.02. The van der Waals surface area contributed by atoms with Gasteiger partial charge in [-0.2, -0.15) is 13.2 Å². The largest absolute Gasteiger partial charge is 0.416 e. The molecule has 21 heavy (non-hydrogen) atoms. The summed E-state index contributed by atoms with van der Waals surface area (Å²) in [6.07, 6.45) is -1.23. The molecule has 114 valence electrons. The third-order valence-corrected chi connectivity index (χ3v) is 4.49. The molecule has 0 aliphatic heterocycles. The first kappa shape index (κ1) is 14.4. The molecule has 0 spiro atoms. The minimum Gasteiger partial charge on any atom is -0.353 e. The van der Waals surface area contributed by atoms with Gasteiger partial charge in [0.2, 0.25) is 5.91 Å². The van der Waals surface area contributed by atoms with Crippen molar-refractivity contribution in [2.75, 3.05) is 0 Å². The van der Waals surface area contributed by atoms with Crippen molar-refractivity contribution in [2.45, 2.75) is 44.3 Å². The summed E-state index contributed by atoms with van der Waals surface area (Å²) in [5.74, 6) is 0.637. The molecular formula is C16H18F3NO. The molecule has 2 fully saturated rings. The summed E-state index contributed by atoms with van der Waals surface area (Å²) in [5, 5.41) is 3.02. The van der Waals surface area contributed by atoms with E-state index >= 15 is 0 Å². The Morgan fingerprint density at radius 3 is 2.38 bits per heavy atom. The van der Waals surface area contributed by atoms with Gasteiger partial charge in [-0.05, 0) is 55.7 Å². The predicted molar refractivity (Wildman–Crippen MR) is 72.6 cm³/mol.